The van der Waals surface area contributed by atoms with E-state index in [9.17, 15) is 8.42 Å². The SMILES string of the molecule is Cc1ccc(S(=O)(=O)O)cc1.c1cc[n+](CCOCCOCC[n+]2ccccc2)cc1. The molecule has 166 valence electrons. The number of hydrogen-bond donors (Lipinski definition) is 1. The minimum Gasteiger partial charge on any atom is -0.372 e. The third-order valence-electron chi connectivity index (χ3n) is 4.23. The van der Waals surface area contributed by atoms with Crippen LogP contribution in [-0.4, -0.2) is 39.4 Å². The third kappa shape index (κ3) is 10.8. The molecule has 3 aromatic rings. The van der Waals surface area contributed by atoms with Gasteiger partial charge in [0.2, 0.25) is 0 Å². The number of rotatable bonds is 10. The number of benzene rings is 1. The number of hydrogen-bond acceptors (Lipinski definition) is 4. The summed E-state index contributed by atoms with van der Waals surface area (Å²) in [5.74, 6) is 0. The number of aryl methyl sites for hydroxylation is 1. The van der Waals surface area contributed by atoms with E-state index in [0.717, 1.165) is 18.7 Å². The molecule has 7 nitrogen and oxygen atoms in total. The molecule has 1 N–H and O–H groups in total. The number of pyridine rings is 2. The predicted octanol–water partition coefficient (Wildman–Crippen LogP) is 2.24. The van der Waals surface area contributed by atoms with Gasteiger partial charge in [0.15, 0.2) is 37.9 Å². The molecule has 31 heavy (non-hydrogen) atoms. The van der Waals surface area contributed by atoms with E-state index in [-0.39, 0.29) is 4.90 Å². The van der Waals surface area contributed by atoms with Crippen LogP contribution in [0.5, 0.6) is 0 Å². The van der Waals surface area contributed by atoms with Crippen LogP contribution in [0.4, 0.5) is 0 Å². The topological polar surface area (TPSA) is 80.6 Å². The fraction of sp³-hybridized carbons (Fsp3) is 0.304. The third-order valence-corrected chi connectivity index (χ3v) is 5.10. The summed E-state index contributed by atoms with van der Waals surface area (Å²) >= 11 is 0. The van der Waals surface area contributed by atoms with E-state index in [1.807, 2.05) is 68.1 Å². The van der Waals surface area contributed by atoms with Gasteiger partial charge in [-0.25, -0.2) is 9.13 Å². The van der Waals surface area contributed by atoms with Crippen LogP contribution >= 0.6 is 0 Å². The lowest BCUT2D eigenvalue weighted by Gasteiger charge is -2.03. The van der Waals surface area contributed by atoms with Gasteiger partial charge in [-0.3, -0.25) is 4.55 Å². The molecule has 0 saturated heterocycles. The first-order valence-corrected chi connectivity index (χ1v) is 11.5. The summed E-state index contributed by atoms with van der Waals surface area (Å²) in [6.07, 6.45) is 8.15. The number of aromatic nitrogens is 2. The monoisotopic (exact) mass is 446 g/mol. The second kappa shape index (κ2) is 13.6. The lowest BCUT2D eigenvalue weighted by molar-refractivity contribution is -0.699. The Morgan fingerprint density at radius 1 is 0.710 bits per heavy atom. The van der Waals surface area contributed by atoms with E-state index in [4.69, 9.17) is 14.0 Å². The van der Waals surface area contributed by atoms with Crippen LogP contribution in [0.25, 0.3) is 0 Å². The largest absolute Gasteiger partial charge is 0.372 e. The van der Waals surface area contributed by atoms with E-state index in [2.05, 4.69) is 9.13 Å². The Labute approximate surface area is 184 Å². The van der Waals surface area contributed by atoms with Crippen molar-refractivity contribution in [1.29, 1.82) is 0 Å². The average Bonchev–Trinajstić information content (AvgIpc) is 2.77. The number of nitrogens with zero attached hydrogens (tertiary/aromatic N) is 2. The Balaban J connectivity index is 0.000000262. The molecule has 0 unspecified atom stereocenters. The van der Waals surface area contributed by atoms with Crippen molar-refractivity contribution in [2.75, 3.05) is 26.4 Å². The van der Waals surface area contributed by atoms with Crippen molar-refractivity contribution in [2.45, 2.75) is 24.9 Å². The molecule has 2 heterocycles. The Bertz CT molecular complexity index is 920. The molecule has 1 aromatic carbocycles. The van der Waals surface area contributed by atoms with Gasteiger partial charge in [-0.2, -0.15) is 8.42 Å². The molecule has 0 fully saturated rings. The van der Waals surface area contributed by atoms with Crippen molar-refractivity contribution in [3.05, 3.63) is 91.0 Å². The summed E-state index contributed by atoms with van der Waals surface area (Å²) in [4.78, 5) is -0.0666. The molecule has 0 radical (unpaired) electrons. The first-order valence-electron chi connectivity index (χ1n) is 10.0. The zero-order valence-electron chi connectivity index (χ0n) is 17.7. The first kappa shape index (κ1) is 24.6. The van der Waals surface area contributed by atoms with Gasteiger partial charge in [-0.15, -0.1) is 0 Å². The van der Waals surface area contributed by atoms with Crippen molar-refractivity contribution in [3.63, 3.8) is 0 Å². The van der Waals surface area contributed by atoms with E-state index < -0.39 is 10.1 Å². The quantitative estimate of drug-likeness (QED) is 0.294. The van der Waals surface area contributed by atoms with Gasteiger partial charge in [0.05, 0.1) is 18.1 Å². The maximum Gasteiger partial charge on any atom is 0.294 e. The summed E-state index contributed by atoms with van der Waals surface area (Å²) < 4.78 is 44.8. The normalized spacial score (nSPS) is 10.9. The summed E-state index contributed by atoms with van der Waals surface area (Å²) in [6.45, 7) is 6.31. The minimum absolute atomic E-state index is 0.0666. The predicted molar refractivity (Wildman–Crippen MR) is 116 cm³/mol. The number of ether oxygens (including phenoxy) is 2. The lowest BCUT2D eigenvalue weighted by Crippen LogP contribution is -2.35. The van der Waals surface area contributed by atoms with Crippen LogP contribution < -0.4 is 9.13 Å². The van der Waals surface area contributed by atoms with Crippen molar-refractivity contribution in [3.8, 4) is 0 Å². The molecule has 0 saturated carbocycles. The van der Waals surface area contributed by atoms with Gasteiger partial charge in [0.25, 0.3) is 10.1 Å². The Hall–Kier alpha value is -2.65. The van der Waals surface area contributed by atoms with Crippen LogP contribution in [0, 0.1) is 6.92 Å². The smallest absolute Gasteiger partial charge is 0.294 e. The van der Waals surface area contributed by atoms with Crippen LogP contribution in [0.15, 0.2) is 90.3 Å². The van der Waals surface area contributed by atoms with Crippen LogP contribution in [0.2, 0.25) is 0 Å². The molecule has 8 heteroatoms. The Morgan fingerprint density at radius 2 is 1.13 bits per heavy atom. The molecule has 3 rings (SSSR count). The molecule has 0 spiro atoms. The first-order chi connectivity index (χ1) is 14.9. The van der Waals surface area contributed by atoms with E-state index >= 15 is 0 Å². The van der Waals surface area contributed by atoms with Crippen molar-refractivity contribution >= 4 is 10.1 Å². The summed E-state index contributed by atoms with van der Waals surface area (Å²) in [5, 5.41) is 0. The second-order valence-electron chi connectivity index (χ2n) is 6.74. The Kier molecular flexibility index (Phi) is 10.8. The molecule has 0 aliphatic rings. The molecular formula is C23H30N2O5S+2. The average molecular weight is 447 g/mol. The van der Waals surface area contributed by atoms with Crippen LogP contribution in [0.1, 0.15) is 5.56 Å². The second-order valence-corrected chi connectivity index (χ2v) is 8.16. The van der Waals surface area contributed by atoms with Gasteiger partial charge in [-0.1, -0.05) is 29.8 Å². The summed E-state index contributed by atoms with van der Waals surface area (Å²) in [5.41, 5.74) is 0.956. The van der Waals surface area contributed by atoms with Crippen LogP contribution in [-0.2, 0) is 32.7 Å². The molecule has 0 atom stereocenters. The van der Waals surface area contributed by atoms with Crippen molar-refractivity contribution in [2.24, 2.45) is 0 Å². The highest BCUT2D eigenvalue weighted by Crippen LogP contribution is 2.08. The zero-order valence-corrected chi connectivity index (χ0v) is 18.5. The fourth-order valence-electron chi connectivity index (χ4n) is 2.54. The lowest BCUT2D eigenvalue weighted by atomic mass is 10.2. The van der Waals surface area contributed by atoms with Crippen molar-refractivity contribution < 1.29 is 31.6 Å². The minimum atomic E-state index is -4.02. The molecule has 0 aliphatic heterocycles. The van der Waals surface area contributed by atoms with E-state index in [0.29, 0.717) is 26.4 Å². The maximum absolute atomic E-state index is 10.5. The Morgan fingerprint density at radius 3 is 1.52 bits per heavy atom. The molecule has 2 aromatic heterocycles. The van der Waals surface area contributed by atoms with Gasteiger partial charge >= 0.3 is 0 Å². The van der Waals surface area contributed by atoms with Gasteiger partial charge in [-0.05, 0) is 19.1 Å². The highest BCUT2D eigenvalue weighted by atomic mass is 32.2. The molecule has 0 amide bonds. The molecule has 0 bridgehead atoms. The summed E-state index contributed by atoms with van der Waals surface area (Å²) in [6, 6.07) is 18.1. The molecular weight excluding hydrogens is 416 g/mol. The molecule has 0 aliphatic carbocycles. The van der Waals surface area contributed by atoms with E-state index in [1.165, 1.54) is 12.1 Å². The maximum atomic E-state index is 10.5. The van der Waals surface area contributed by atoms with Gasteiger partial charge in [0, 0.05) is 24.3 Å². The summed E-state index contributed by atoms with van der Waals surface area (Å²) in [7, 11) is -4.02. The van der Waals surface area contributed by atoms with Gasteiger partial charge in [0.1, 0.15) is 13.2 Å². The standard InChI is InChI=1S/C16H22N2O2.C7H8O3S/c1-3-7-17(8-4-1)11-13-19-15-16-20-14-12-18-9-5-2-6-10-18;1-6-2-4-7(5-3-6)11(8,9)10/h1-10H,11-16H2;2-5H,1H3,(H,8,9,10)/q+2;. The van der Waals surface area contributed by atoms with Crippen molar-refractivity contribution in [1.82, 2.24) is 0 Å². The fourth-order valence-corrected chi connectivity index (χ4v) is 3.02. The zero-order chi connectivity index (χ0) is 22.4. The van der Waals surface area contributed by atoms with Gasteiger partial charge < -0.3 is 9.47 Å². The highest BCUT2D eigenvalue weighted by Gasteiger charge is 2.06. The van der Waals surface area contributed by atoms with E-state index in [1.54, 1.807) is 12.1 Å². The highest BCUT2D eigenvalue weighted by molar-refractivity contribution is 7.85. The van der Waals surface area contributed by atoms with Crippen LogP contribution in [0.3, 0.4) is 0 Å².